The number of hydrogen-bond acceptors (Lipinski definition) is 3. The standard InChI is InChI=1S/C15H24N2O2/c1-17(2)15(18)8-5-9-16-11-13-6-4-7-14(10-13)12-19-3/h4,6-7,10,16H,5,8-9,11-12H2,1-3H3. The summed E-state index contributed by atoms with van der Waals surface area (Å²) in [4.78, 5) is 13.0. The van der Waals surface area contributed by atoms with Crippen molar-refractivity contribution in [2.45, 2.75) is 26.0 Å². The molecule has 0 aliphatic rings. The maximum absolute atomic E-state index is 11.4. The molecule has 0 aliphatic carbocycles. The Balaban J connectivity index is 2.22. The Bertz CT molecular complexity index is 391. The summed E-state index contributed by atoms with van der Waals surface area (Å²) in [6, 6.07) is 8.34. The van der Waals surface area contributed by atoms with Gasteiger partial charge in [0.05, 0.1) is 6.61 Å². The topological polar surface area (TPSA) is 41.6 Å². The van der Waals surface area contributed by atoms with Gasteiger partial charge in [0.2, 0.25) is 5.91 Å². The van der Waals surface area contributed by atoms with E-state index in [0.29, 0.717) is 13.0 Å². The Morgan fingerprint density at radius 3 is 2.74 bits per heavy atom. The Morgan fingerprint density at radius 2 is 2.05 bits per heavy atom. The minimum Gasteiger partial charge on any atom is -0.380 e. The van der Waals surface area contributed by atoms with Crippen LogP contribution >= 0.6 is 0 Å². The van der Waals surface area contributed by atoms with Crippen LogP contribution in [0.3, 0.4) is 0 Å². The molecule has 0 atom stereocenters. The molecule has 1 N–H and O–H groups in total. The van der Waals surface area contributed by atoms with Crippen molar-refractivity contribution in [3.63, 3.8) is 0 Å². The molecule has 0 bridgehead atoms. The van der Waals surface area contributed by atoms with Crippen LogP contribution < -0.4 is 5.32 Å². The quantitative estimate of drug-likeness (QED) is 0.728. The van der Waals surface area contributed by atoms with Gasteiger partial charge >= 0.3 is 0 Å². The molecule has 4 nitrogen and oxygen atoms in total. The molecule has 0 radical (unpaired) electrons. The molecule has 106 valence electrons. The lowest BCUT2D eigenvalue weighted by Gasteiger charge is -2.10. The lowest BCUT2D eigenvalue weighted by atomic mass is 10.1. The normalized spacial score (nSPS) is 10.5. The van der Waals surface area contributed by atoms with Crippen LogP contribution in [0.5, 0.6) is 0 Å². The fourth-order valence-electron chi connectivity index (χ4n) is 1.82. The van der Waals surface area contributed by atoms with Crippen LogP contribution in [0, 0.1) is 0 Å². The van der Waals surface area contributed by atoms with E-state index in [0.717, 1.165) is 19.5 Å². The first-order chi connectivity index (χ1) is 9.13. The molecule has 0 saturated heterocycles. The van der Waals surface area contributed by atoms with E-state index in [4.69, 9.17) is 4.74 Å². The average molecular weight is 264 g/mol. The number of ether oxygens (including phenoxy) is 1. The maximum atomic E-state index is 11.4. The van der Waals surface area contributed by atoms with E-state index in [1.807, 2.05) is 6.07 Å². The van der Waals surface area contributed by atoms with E-state index in [1.165, 1.54) is 11.1 Å². The van der Waals surface area contributed by atoms with Crippen molar-refractivity contribution in [1.29, 1.82) is 0 Å². The van der Waals surface area contributed by atoms with Gasteiger partial charge in [0.1, 0.15) is 0 Å². The third-order valence-electron chi connectivity index (χ3n) is 2.87. The number of nitrogens with zero attached hydrogens (tertiary/aromatic N) is 1. The molecule has 1 aromatic carbocycles. The van der Waals surface area contributed by atoms with E-state index in [1.54, 1.807) is 26.1 Å². The summed E-state index contributed by atoms with van der Waals surface area (Å²) < 4.78 is 5.11. The van der Waals surface area contributed by atoms with Gasteiger partial charge in [-0.25, -0.2) is 0 Å². The molecule has 0 fully saturated rings. The third-order valence-corrected chi connectivity index (χ3v) is 2.87. The lowest BCUT2D eigenvalue weighted by molar-refractivity contribution is -0.128. The van der Waals surface area contributed by atoms with E-state index in [9.17, 15) is 4.79 Å². The second kappa shape index (κ2) is 8.67. The highest BCUT2D eigenvalue weighted by molar-refractivity contribution is 5.75. The van der Waals surface area contributed by atoms with Gasteiger partial charge in [-0.05, 0) is 24.1 Å². The second-order valence-corrected chi connectivity index (χ2v) is 4.82. The van der Waals surface area contributed by atoms with Crippen molar-refractivity contribution in [2.75, 3.05) is 27.7 Å². The molecule has 4 heteroatoms. The van der Waals surface area contributed by atoms with Crippen LogP contribution in [-0.4, -0.2) is 38.6 Å². The minimum atomic E-state index is 0.184. The first kappa shape index (κ1) is 15.7. The fourth-order valence-corrected chi connectivity index (χ4v) is 1.82. The van der Waals surface area contributed by atoms with Gasteiger partial charge in [0.25, 0.3) is 0 Å². The van der Waals surface area contributed by atoms with E-state index >= 15 is 0 Å². The van der Waals surface area contributed by atoms with Crippen molar-refractivity contribution in [3.8, 4) is 0 Å². The number of benzene rings is 1. The van der Waals surface area contributed by atoms with Crippen LogP contribution in [-0.2, 0) is 22.7 Å². The Labute approximate surface area is 115 Å². The van der Waals surface area contributed by atoms with Crippen molar-refractivity contribution in [1.82, 2.24) is 10.2 Å². The number of methoxy groups -OCH3 is 1. The number of carbonyl (C=O) groups is 1. The van der Waals surface area contributed by atoms with Crippen molar-refractivity contribution < 1.29 is 9.53 Å². The van der Waals surface area contributed by atoms with Gasteiger partial charge in [0, 0.05) is 34.2 Å². The van der Waals surface area contributed by atoms with Gasteiger partial charge in [-0.2, -0.15) is 0 Å². The van der Waals surface area contributed by atoms with E-state index in [-0.39, 0.29) is 5.91 Å². The Morgan fingerprint density at radius 1 is 1.32 bits per heavy atom. The molecular formula is C15H24N2O2. The highest BCUT2D eigenvalue weighted by atomic mass is 16.5. The molecule has 19 heavy (non-hydrogen) atoms. The van der Waals surface area contributed by atoms with Crippen LogP contribution in [0.25, 0.3) is 0 Å². The van der Waals surface area contributed by atoms with Gasteiger partial charge < -0.3 is 15.0 Å². The van der Waals surface area contributed by atoms with Crippen LogP contribution in [0.15, 0.2) is 24.3 Å². The van der Waals surface area contributed by atoms with Crippen LogP contribution in [0.4, 0.5) is 0 Å². The first-order valence-electron chi connectivity index (χ1n) is 6.61. The van der Waals surface area contributed by atoms with E-state index in [2.05, 4.69) is 23.5 Å². The number of carbonyl (C=O) groups excluding carboxylic acids is 1. The average Bonchev–Trinajstić information content (AvgIpc) is 2.39. The zero-order chi connectivity index (χ0) is 14.1. The minimum absolute atomic E-state index is 0.184. The highest BCUT2D eigenvalue weighted by Crippen LogP contribution is 2.06. The van der Waals surface area contributed by atoms with Crippen molar-refractivity contribution >= 4 is 5.91 Å². The molecule has 0 unspecified atom stereocenters. The number of nitrogens with one attached hydrogen (secondary N) is 1. The summed E-state index contributed by atoms with van der Waals surface area (Å²) in [7, 11) is 5.28. The smallest absolute Gasteiger partial charge is 0.222 e. The largest absolute Gasteiger partial charge is 0.380 e. The first-order valence-corrected chi connectivity index (χ1v) is 6.61. The van der Waals surface area contributed by atoms with Gasteiger partial charge in [0.15, 0.2) is 0 Å². The number of rotatable bonds is 8. The van der Waals surface area contributed by atoms with Gasteiger partial charge in [-0.1, -0.05) is 24.3 Å². The van der Waals surface area contributed by atoms with Crippen molar-refractivity contribution in [2.24, 2.45) is 0 Å². The van der Waals surface area contributed by atoms with Gasteiger partial charge in [-0.3, -0.25) is 4.79 Å². The molecule has 1 rings (SSSR count). The molecule has 0 saturated carbocycles. The molecule has 0 heterocycles. The SMILES string of the molecule is COCc1cccc(CNCCCC(=O)N(C)C)c1. The summed E-state index contributed by atoms with van der Waals surface area (Å²) in [6.45, 7) is 2.33. The zero-order valence-corrected chi connectivity index (χ0v) is 12.1. The fraction of sp³-hybridized carbons (Fsp3) is 0.533. The molecule has 0 aromatic heterocycles. The number of amides is 1. The molecule has 0 spiro atoms. The van der Waals surface area contributed by atoms with E-state index < -0.39 is 0 Å². The van der Waals surface area contributed by atoms with Gasteiger partial charge in [-0.15, -0.1) is 0 Å². The third kappa shape index (κ3) is 6.36. The summed E-state index contributed by atoms with van der Waals surface area (Å²) in [5, 5.41) is 3.35. The molecule has 0 aliphatic heterocycles. The summed E-state index contributed by atoms with van der Waals surface area (Å²) in [5.74, 6) is 0.184. The van der Waals surface area contributed by atoms with Crippen LogP contribution in [0.2, 0.25) is 0 Å². The predicted octanol–water partition coefficient (Wildman–Crippen LogP) is 1.79. The second-order valence-electron chi connectivity index (χ2n) is 4.82. The van der Waals surface area contributed by atoms with Crippen molar-refractivity contribution in [3.05, 3.63) is 35.4 Å². The summed E-state index contributed by atoms with van der Waals surface area (Å²) in [6.07, 6.45) is 1.47. The Kier molecular flexibility index (Phi) is 7.15. The zero-order valence-electron chi connectivity index (χ0n) is 12.1. The summed E-state index contributed by atoms with van der Waals surface area (Å²) in [5.41, 5.74) is 2.43. The lowest BCUT2D eigenvalue weighted by Crippen LogP contribution is -2.23. The predicted molar refractivity (Wildman–Crippen MR) is 76.8 cm³/mol. The molecular weight excluding hydrogens is 240 g/mol. The number of hydrogen-bond donors (Lipinski definition) is 1. The highest BCUT2D eigenvalue weighted by Gasteiger charge is 2.02. The molecule has 1 aromatic rings. The maximum Gasteiger partial charge on any atom is 0.222 e. The monoisotopic (exact) mass is 264 g/mol. The Hall–Kier alpha value is -1.39. The molecule has 1 amide bonds. The van der Waals surface area contributed by atoms with Crippen LogP contribution in [0.1, 0.15) is 24.0 Å². The summed E-state index contributed by atoms with van der Waals surface area (Å²) >= 11 is 0.